The summed E-state index contributed by atoms with van der Waals surface area (Å²) < 4.78 is 0. The predicted octanol–water partition coefficient (Wildman–Crippen LogP) is 3.18. The molecule has 0 bridgehead atoms. The molecule has 1 aromatic heterocycles. The Labute approximate surface area is 186 Å². The summed E-state index contributed by atoms with van der Waals surface area (Å²) in [6.07, 6.45) is 6.15. The molecule has 2 fully saturated rings. The standard InChI is InChI=1S/C23H28ClN5O2/c24-15-7-2-1-6-14(15)23(12-5-13-23)22(31)29-18-9-4-3-8-17(18)28-21(30)19-11-10-16(25)20(26)27-19/h1-2,6-7,10-11,17-18H,3-5,8-9,12-13,25H2,(H2,26,27)(H,28,30)(H,29,31)/t17-,18-/m1/s1. The number of carbonyl (C=O) groups is 2. The Balaban J connectivity index is 1.48. The number of nitrogens with two attached hydrogens (primary N) is 2. The van der Waals surface area contributed by atoms with Crippen LogP contribution in [0.3, 0.4) is 0 Å². The van der Waals surface area contributed by atoms with Crippen molar-refractivity contribution in [2.45, 2.75) is 62.4 Å². The van der Waals surface area contributed by atoms with Crippen molar-refractivity contribution in [3.05, 3.63) is 52.7 Å². The number of rotatable bonds is 5. The zero-order valence-corrected chi connectivity index (χ0v) is 18.1. The number of nitrogens with zero attached hydrogens (tertiary/aromatic N) is 1. The summed E-state index contributed by atoms with van der Waals surface area (Å²) in [6.45, 7) is 0. The second kappa shape index (κ2) is 8.75. The number of amides is 2. The summed E-state index contributed by atoms with van der Waals surface area (Å²) >= 11 is 6.43. The first-order valence-electron chi connectivity index (χ1n) is 10.8. The molecule has 0 aliphatic heterocycles. The van der Waals surface area contributed by atoms with Crippen molar-refractivity contribution in [3.8, 4) is 0 Å². The van der Waals surface area contributed by atoms with E-state index in [9.17, 15) is 9.59 Å². The highest BCUT2D eigenvalue weighted by Crippen LogP contribution is 2.46. The molecule has 0 saturated heterocycles. The topological polar surface area (TPSA) is 123 Å². The van der Waals surface area contributed by atoms with Crippen LogP contribution in [0.25, 0.3) is 0 Å². The Morgan fingerprint density at radius 1 is 0.968 bits per heavy atom. The van der Waals surface area contributed by atoms with Gasteiger partial charge in [-0.2, -0.15) is 0 Å². The van der Waals surface area contributed by atoms with Crippen molar-refractivity contribution in [3.63, 3.8) is 0 Å². The van der Waals surface area contributed by atoms with Crippen molar-refractivity contribution < 1.29 is 9.59 Å². The smallest absolute Gasteiger partial charge is 0.270 e. The van der Waals surface area contributed by atoms with Gasteiger partial charge in [0.1, 0.15) is 11.5 Å². The zero-order chi connectivity index (χ0) is 22.0. The summed E-state index contributed by atoms with van der Waals surface area (Å²) in [5.74, 6) is -0.192. The number of anilines is 2. The second-order valence-electron chi connectivity index (χ2n) is 8.53. The van der Waals surface area contributed by atoms with E-state index in [4.69, 9.17) is 23.1 Å². The largest absolute Gasteiger partial charge is 0.396 e. The molecule has 2 amide bonds. The van der Waals surface area contributed by atoms with Crippen LogP contribution in [-0.4, -0.2) is 28.9 Å². The maximum absolute atomic E-state index is 13.4. The third-order valence-corrected chi connectivity index (χ3v) is 6.95. The van der Waals surface area contributed by atoms with Crippen molar-refractivity contribution in [2.24, 2.45) is 0 Å². The lowest BCUT2D eigenvalue weighted by atomic mass is 9.63. The van der Waals surface area contributed by atoms with Crippen molar-refractivity contribution in [1.29, 1.82) is 0 Å². The number of nitrogens with one attached hydrogen (secondary N) is 2. The van der Waals surface area contributed by atoms with Crippen LogP contribution in [0.15, 0.2) is 36.4 Å². The number of hydrogen-bond donors (Lipinski definition) is 4. The summed E-state index contributed by atoms with van der Waals surface area (Å²) in [5, 5.41) is 6.90. The quantitative estimate of drug-likeness (QED) is 0.567. The minimum absolute atomic E-state index is 0.00662. The van der Waals surface area contributed by atoms with Crippen LogP contribution in [0, 0.1) is 0 Å². The number of hydrogen-bond acceptors (Lipinski definition) is 5. The Bertz CT molecular complexity index is 992. The van der Waals surface area contributed by atoms with E-state index in [1.54, 1.807) is 12.1 Å². The van der Waals surface area contributed by atoms with Gasteiger partial charge in [0.15, 0.2) is 0 Å². The van der Waals surface area contributed by atoms with Crippen LogP contribution in [-0.2, 0) is 10.2 Å². The lowest BCUT2D eigenvalue weighted by molar-refractivity contribution is -0.131. The van der Waals surface area contributed by atoms with Gasteiger partial charge in [0, 0.05) is 17.1 Å². The SMILES string of the molecule is Nc1ccc(C(=O)N[C@@H]2CCCC[C@H]2NC(=O)C2(c3ccccc3Cl)CCC2)nc1N. The van der Waals surface area contributed by atoms with Gasteiger partial charge in [0.05, 0.1) is 11.1 Å². The second-order valence-corrected chi connectivity index (χ2v) is 8.94. The fourth-order valence-corrected chi connectivity index (χ4v) is 4.95. The molecule has 7 nitrogen and oxygen atoms in total. The van der Waals surface area contributed by atoms with Crippen LogP contribution in [0.1, 0.15) is 61.0 Å². The van der Waals surface area contributed by atoms with E-state index >= 15 is 0 Å². The fraction of sp³-hybridized carbons (Fsp3) is 0.435. The molecule has 0 radical (unpaired) electrons. The Hall–Kier alpha value is -2.80. The van der Waals surface area contributed by atoms with E-state index in [1.807, 2.05) is 24.3 Å². The highest BCUT2D eigenvalue weighted by atomic mass is 35.5. The summed E-state index contributed by atoms with van der Waals surface area (Å²) in [7, 11) is 0. The molecule has 2 aromatic rings. The van der Waals surface area contributed by atoms with Gasteiger partial charge < -0.3 is 22.1 Å². The first kappa shape index (κ1) is 21.4. The number of benzene rings is 1. The summed E-state index contributed by atoms with van der Waals surface area (Å²) in [6, 6.07) is 10.4. The van der Waals surface area contributed by atoms with E-state index in [-0.39, 0.29) is 35.4 Å². The van der Waals surface area contributed by atoms with Gasteiger partial charge in [-0.15, -0.1) is 0 Å². The molecular formula is C23H28ClN5O2. The molecule has 2 aliphatic carbocycles. The van der Waals surface area contributed by atoms with E-state index in [0.717, 1.165) is 50.5 Å². The van der Waals surface area contributed by atoms with Gasteiger partial charge in [0.25, 0.3) is 5.91 Å². The third-order valence-electron chi connectivity index (χ3n) is 6.62. The maximum Gasteiger partial charge on any atom is 0.270 e. The predicted molar refractivity (Wildman–Crippen MR) is 122 cm³/mol. The van der Waals surface area contributed by atoms with Crippen LogP contribution >= 0.6 is 11.6 Å². The average molecular weight is 442 g/mol. The average Bonchev–Trinajstić information content (AvgIpc) is 2.72. The molecule has 6 N–H and O–H groups in total. The van der Waals surface area contributed by atoms with Gasteiger partial charge in [-0.25, -0.2) is 4.98 Å². The molecule has 0 unspecified atom stereocenters. The molecule has 4 rings (SSSR count). The van der Waals surface area contributed by atoms with Gasteiger partial charge >= 0.3 is 0 Å². The minimum Gasteiger partial charge on any atom is -0.396 e. The lowest BCUT2D eigenvalue weighted by Crippen LogP contribution is -2.58. The maximum atomic E-state index is 13.4. The van der Waals surface area contributed by atoms with Gasteiger partial charge in [0.2, 0.25) is 5.91 Å². The molecule has 2 saturated carbocycles. The molecule has 164 valence electrons. The molecule has 2 atom stereocenters. The van der Waals surface area contributed by atoms with Gasteiger partial charge in [-0.3, -0.25) is 9.59 Å². The zero-order valence-electron chi connectivity index (χ0n) is 17.4. The monoisotopic (exact) mass is 441 g/mol. The molecule has 31 heavy (non-hydrogen) atoms. The van der Waals surface area contributed by atoms with E-state index in [1.165, 1.54) is 0 Å². The number of aromatic nitrogens is 1. The molecule has 2 aliphatic rings. The van der Waals surface area contributed by atoms with E-state index in [0.29, 0.717) is 10.7 Å². The molecule has 1 heterocycles. The minimum atomic E-state index is -0.586. The Kier molecular flexibility index (Phi) is 6.05. The fourth-order valence-electron chi connectivity index (χ4n) is 4.64. The Morgan fingerprint density at radius 2 is 1.65 bits per heavy atom. The van der Waals surface area contributed by atoms with Crippen molar-refractivity contribution in [1.82, 2.24) is 15.6 Å². The van der Waals surface area contributed by atoms with Crippen LogP contribution in [0.2, 0.25) is 5.02 Å². The third kappa shape index (κ3) is 4.19. The normalized spacial score (nSPS) is 22.2. The molecule has 0 spiro atoms. The van der Waals surface area contributed by atoms with E-state index in [2.05, 4.69) is 15.6 Å². The number of pyridine rings is 1. The molecular weight excluding hydrogens is 414 g/mol. The van der Waals surface area contributed by atoms with Crippen molar-refractivity contribution >= 4 is 34.9 Å². The molecule has 8 heteroatoms. The van der Waals surface area contributed by atoms with Crippen LogP contribution < -0.4 is 22.1 Å². The van der Waals surface area contributed by atoms with Crippen LogP contribution in [0.5, 0.6) is 0 Å². The van der Waals surface area contributed by atoms with Gasteiger partial charge in [-0.1, -0.05) is 49.1 Å². The lowest BCUT2D eigenvalue weighted by Gasteiger charge is -2.43. The first-order valence-corrected chi connectivity index (χ1v) is 11.2. The first-order chi connectivity index (χ1) is 14.9. The number of nitrogen functional groups attached to an aromatic ring is 2. The molecule has 1 aromatic carbocycles. The highest BCUT2D eigenvalue weighted by Gasteiger charge is 2.47. The Morgan fingerprint density at radius 3 is 2.26 bits per heavy atom. The van der Waals surface area contributed by atoms with Crippen molar-refractivity contribution in [2.75, 3.05) is 11.5 Å². The van der Waals surface area contributed by atoms with Gasteiger partial charge in [-0.05, 0) is 49.4 Å². The number of carbonyl (C=O) groups excluding carboxylic acids is 2. The summed E-state index contributed by atoms with van der Waals surface area (Å²) in [5.41, 5.74) is 12.3. The number of halogens is 1. The highest BCUT2D eigenvalue weighted by molar-refractivity contribution is 6.31. The van der Waals surface area contributed by atoms with E-state index < -0.39 is 5.41 Å². The van der Waals surface area contributed by atoms with Crippen LogP contribution in [0.4, 0.5) is 11.5 Å². The summed E-state index contributed by atoms with van der Waals surface area (Å²) in [4.78, 5) is 30.2.